The fourth-order valence-corrected chi connectivity index (χ4v) is 2.04. The summed E-state index contributed by atoms with van der Waals surface area (Å²) in [5.74, 6) is 0.704. The lowest BCUT2D eigenvalue weighted by atomic mass is 10.2. The maximum absolute atomic E-state index is 5.36. The lowest BCUT2D eigenvalue weighted by Crippen LogP contribution is -1.85. The molecule has 2 aromatic rings. The van der Waals surface area contributed by atoms with Gasteiger partial charge >= 0.3 is 0 Å². The second kappa shape index (κ2) is 3.18. The maximum atomic E-state index is 5.36. The van der Waals surface area contributed by atoms with E-state index < -0.39 is 0 Å². The number of thiophene rings is 1. The average molecular weight is 195 g/mol. The number of anilines is 1. The first kappa shape index (κ1) is 8.25. The van der Waals surface area contributed by atoms with Gasteiger partial charge in [-0.1, -0.05) is 6.92 Å². The van der Waals surface area contributed by atoms with Crippen molar-refractivity contribution >= 4 is 17.3 Å². The van der Waals surface area contributed by atoms with Gasteiger partial charge < -0.3 is 10.3 Å². The van der Waals surface area contributed by atoms with Crippen LogP contribution >= 0.6 is 11.3 Å². The Kier molecular flexibility index (Phi) is 2.02. The van der Waals surface area contributed by atoms with Crippen LogP contribution in [-0.4, -0.2) is 10.1 Å². The van der Waals surface area contributed by atoms with Gasteiger partial charge in [-0.15, -0.1) is 11.3 Å². The number of nitrogen functional groups attached to an aromatic ring is 1. The molecule has 13 heavy (non-hydrogen) atoms. The molecule has 0 aliphatic rings. The Morgan fingerprint density at radius 3 is 3.08 bits per heavy atom. The minimum absolute atomic E-state index is 0.186. The van der Waals surface area contributed by atoms with Gasteiger partial charge in [-0.05, 0) is 28.6 Å². The number of nitrogens with zero attached hydrogens (tertiary/aromatic N) is 2. The summed E-state index contributed by atoms with van der Waals surface area (Å²) in [6.07, 6.45) is 0.959. The topological polar surface area (TPSA) is 64.9 Å². The Morgan fingerprint density at radius 2 is 2.46 bits per heavy atom. The summed E-state index contributed by atoms with van der Waals surface area (Å²) in [5.41, 5.74) is 6.58. The zero-order chi connectivity index (χ0) is 9.26. The van der Waals surface area contributed by atoms with E-state index >= 15 is 0 Å². The van der Waals surface area contributed by atoms with Crippen LogP contribution in [0, 0.1) is 0 Å². The monoisotopic (exact) mass is 195 g/mol. The smallest absolute Gasteiger partial charge is 0.269 e. The van der Waals surface area contributed by atoms with Gasteiger partial charge in [0.15, 0.2) is 0 Å². The average Bonchev–Trinajstić information content (AvgIpc) is 2.71. The molecule has 2 heterocycles. The Hall–Kier alpha value is -1.36. The molecule has 0 unspecified atom stereocenters. The van der Waals surface area contributed by atoms with E-state index in [1.165, 1.54) is 5.56 Å². The molecule has 0 atom stereocenters. The molecule has 0 fully saturated rings. The van der Waals surface area contributed by atoms with Crippen molar-refractivity contribution in [3.05, 3.63) is 17.0 Å². The first-order valence-electron chi connectivity index (χ1n) is 3.97. The highest BCUT2D eigenvalue weighted by Gasteiger charge is 2.11. The third-order valence-electron chi connectivity index (χ3n) is 1.76. The fraction of sp³-hybridized carbons (Fsp3) is 0.250. The van der Waals surface area contributed by atoms with Crippen LogP contribution in [0.2, 0.25) is 0 Å². The van der Waals surface area contributed by atoms with E-state index in [-0.39, 0.29) is 5.95 Å². The minimum atomic E-state index is 0.186. The van der Waals surface area contributed by atoms with Gasteiger partial charge in [0, 0.05) is 0 Å². The molecule has 2 rings (SSSR count). The molecule has 0 saturated carbocycles. The molecule has 2 N–H and O–H groups in total. The second-order valence-corrected chi connectivity index (χ2v) is 3.50. The van der Waals surface area contributed by atoms with Gasteiger partial charge in [-0.3, -0.25) is 0 Å². The van der Waals surface area contributed by atoms with Crippen molar-refractivity contribution < 1.29 is 4.52 Å². The normalized spacial score (nSPS) is 10.5. The van der Waals surface area contributed by atoms with Gasteiger partial charge in [-0.25, -0.2) is 0 Å². The number of aryl methyl sites for hydroxylation is 1. The Morgan fingerprint density at radius 1 is 1.62 bits per heavy atom. The molecule has 4 nitrogen and oxygen atoms in total. The first-order valence-corrected chi connectivity index (χ1v) is 4.85. The minimum Gasteiger partial charge on any atom is -0.365 e. The highest BCUT2D eigenvalue weighted by Crippen LogP contribution is 2.28. The van der Waals surface area contributed by atoms with Crippen molar-refractivity contribution in [2.45, 2.75) is 13.3 Å². The van der Waals surface area contributed by atoms with Crippen LogP contribution in [0.25, 0.3) is 10.8 Å². The molecule has 0 spiro atoms. The van der Waals surface area contributed by atoms with E-state index in [1.807, 2.05) is 5.38 Å². The van der Waals surface area contributed by atoms with Crippen molar-refractivity contribution in [2.24, 2.45) is 0 Å². The Bertz CT molecular complexity index is 407. The lowest BCUT2D eigenvalue weighted by Gasteiger charge is -1.92. The van der Waals surface area contributed by atoms with E-state index in [4.69, 9.17) is 10.3 Å². The third kappa shape index (κ3) is 1.42. The number of hydrogen-bond acceptors (Lipinski definition) is 5. The molecule has 0 aliphatic carbocycles. The van der Waals surface area contributed by atoms with Gasteiger partial charge in [0.05, 0.1) is 4.88 Å². The van der Waals surface area contributed by atoms with Crippen molar-refractivity contribution in [1.29, 1.82) is 0 Å². The van der Waals surface area contributed by atoms with Gasteiger partial charge in [0.25, 0.3) is 11.8 Å². The maximum Gasteiger partial charge on any atom is 0.269 e. The van der Waals surface area contributed by atoms with Crippen molar-refractivity contribution in [3.8, 4) is 10.8 Å². The molecule has 0 saturated heterocycles. The van der Waals surface area contributed by atoms with Crippen molar-refractivity contribution in [3.63, 3.8) is 0 Å². The standard InChI is InChI=1S/C8H9N3OS/c1-2-5-3-4-13-6(5)7-10-8(9)11-12-7/h3-4H,2H2,1H3,(H2,9,11). The summed E-state index contributed by atoms with van der Waals surface area (Å²) in [5, 5.41) is 5.55. The third-order valence-corrected chi connectivity index (χ3v) is 2.71. The zero-order valence-electron chi connectivity index (χ0n) is 7.15. The zero-order valence-corrected chi connectivity index (χ0v) is 7.97. The van der Waals surface area contributed by atoms with E-state index in [9.17, 15) is 0 Å². The predicted molar refractivity (Wildman–Crippen MR) is 51.4 cm³/mol. The summed E-state index contributed by atoms with van der Waals surface area (Å²) < 4.78 is 4.98. The molecule has 0 aliphatic heterocycles. The highest BCUT2D eigenvalue weighted by molar-refractivity contribution is 7.13. The number of hydrogen-bond donors (Lipinski definition) is 1. The Balaban J connectivity index is 2.45. The molecule has 0 amide bonds. The van der Waals surface area contributed by atoms with Crippen molar-refractivity contribution in [2.75, 3.05) is 5.73 Å². The molecule has 0 aromatic carbocycles. The lowest BCUT2D eigenvalue weighted by molar-refractivity contribution is 0.433. The first-order chi connectivity index (χ1) is 6.31. The quantitative estimate of drug-likeness (QED) is 0.795. The molecule has 5 heteroatoms. The van der Waals surface area contributed by atoms with Crippen LogP contribution in [0.1, 0.15) is 12.5 Å². The summed E-state index contributed by atoms with van der Waals surface area (Å²) in [7, 11) is 0. The van der Waals surface area contributed by atoms with Gasteiger partial charge in [0.1, 0.15) is 0 Å². The van der Waals surface area contributed by atoms with Crippen LogP contribution in [0.4, 0.5) is 5.95 Å². The molecule has 2 aromatic heterocycles. The summed E-state index contributed by atoms with van der Waals surface area (Å²) in [6.45, 7) is 2.09. The predicted octanol–water partition coefficient (Wildman–Crippen LogP) is 1.94. The highest BCUT2D eigenvalue weighted by atomic mass is 32.1. The summed E-state index contributed by atoms with van der Waals surface area (Å²) in [6, 6.07) is 2.06. The summed E-state index contributed by atoms with van der Waals surface area (Å²) >= 11 is 1.59. The molecule has 0 radical (unpaired) electrons. The number of nitrogens with two attached hydrogens (primary N) is 1. The fourth-order valence-electron chi connectivity index (χ4n) is 1.13. The number of aromatic nitrogens is 2. The van der Waals surface area contributed by atoms with E-state index in [0.717, 1.165) is 11.3 Å². The summed E-state index contributed by atoms with van der Waals surface area (Å²) in [4.78, 5) is 4.99. The van der Waals surface area contributed by atoms with Crippen LogP contribution in [-0.2, 0) is 6.42 Å². The van der Waals surface area contributed by atoms with Crippen LogP contribution in [0.15, 0.2) is 16.0 Å². The van der Waals surface area contributed by atoms with E-state index in [1.54, 1.807) is 11.3 Å². The Labute approximate surface area is 79.4 Å². The van der Waals surface area contributed by atoms with Crippen LogP contribution in [0.3, 0.4) is 0 Å². The SMILES string of the molecule is CCc1ccsc1-c1nc(N)no1. The second-order valence-electron chi connectivity index (χ2n) is 2.59. The van der Waals surface area contributed by atoms with E-state index in [0.29, 0.717) is 5.89 Å². The molecular weight excluding hydrogens is 186 g/mol. The van der Waals surface area contributed by atoms with E-state index in [2.05, 4.69) is 23.1 Å². The van der Waals surface area contributed by atoms with Gasteiger partial charge in [-0.2, -0.15) is 4.98 Å². The van der Waals surface area contributed by atoms with Crippen molar-refractivity contribution in [1.82, 2.24) is 10.1 Å². The largest absolute Gasteiger partial charge is 0.365 e. The van der Waals surface area contributed by atoms with Gasteiger partial charge in [0.2, 0.25) is 0 Å². The number of rotatable bonds is 2. The van der Waals surface area contributed by atoms with Crippen LogP contribution < -0.4 is 5.73 Å². The molecule has 0 bridgehead atoms. The molecule has 68 valence electrons. The molecular formula is C8H9N3OS. The van der Waals surface area contributed by atoms with Crippen LogP contribution in [0.5, 0.6) is 0 Å².